The lowest BCUT2D eigenvalue weighted by atomic mass is 10.2. The van der Waals surface area contributed by atoms with Gasteiger partial charge in [0, 0.05) is 15.5 Å². The number of rotatable bonds is 5. The molecular weight excluding hydrogens is 386 g/mol. The molecule has 1 amide bonds. The first-order valence-corrected chi connectivity index (χ1v) is 8.64. The van der Waals surface area contributed by atoms with Crippen molar-refractivity contribution in [3.63, 3.8) is 0 Å². The van der Waals surface area contributed by atoms with E-state index in [0.29, 0.717) is 23.4 Å². The smallest absolute Gasteiger partial charge is 0.338 e. The van der Waals surface area contributed by atoms with E-state index in [0.717, 1.165) is 16.3 Å². The Hall–Kier alpha value is -2.60. The molecule has 2 aromatic carbocycles. The molecule has 0 radical (unpaired) electrons. The quantitative estimate of drug-likeness (QED) is 0.609. The van der Waals surface area contributed by atoms with Gasteiger partial charge in [-0.15, -0.1) is 0 Å². The first-order valence-electron chi connectivity index (χ1n) is 7.84. The molecule has 25 heavy (non-hydrogen) atoms. The van der Waals surface area contributed by atoms with Gasteiger partial charge >= 0.3 is 5.97 Å². The van der Waals surface area contributed by atoms with E-state index >= 15 is 0 Å². The average molecular weight is 402 g/mol. The minimum atomic E-state index is -0.373. The third-order valence-corrected chi connectivity index (χ3v) is 4.01. The Morgan fingerprint density at radius 1 is 1.12 bits per heavy atom. The van der Waals surface area contributed by atoms with Gasteiger partial charge in [0.15, 0.2) is 5.76 Å². The predicted octanol–water partition coefficient (Wildman–Crippen LogP) is 5.01. The summed E-state index contributed by atoms with van der Waals surface area (Å²) in [5, 5.41) is 3.59. The summed E-state index contributed by atoms with van der Waals surface area (Å²) in [6.07, 6.45) is 0.772. The summed E-state index contributed by atoms with van der Waals surface area (Å²) < 4.78 is 11.5. The van der Waals surface area contributed by atoms with Crippen LogP contribution in [0.3, 0.4) is 0 Å². The third-order valence-electron chi connectivity index (χ3n) is 3.52. The zero-order valence-electron chi connectivity index (χ0n) is 13.5. The van der Waals surface area contributed by atoms with Gasteiger partial charge in [-0.1, -0.05) is 22.9 Å². The molecule has 6 heteroatoms. The number of amides is 1. The average Bonchev–Trinajstić information content (AvgIpc) is 3.03. The summed E-state index contributed by atoms with van der Waals surface area (Å²) in [5.74, 6) is -0.504. The van der Waals surface area contributed by atoms with Crippen molar-refractivity contribution in [3.8, 4) is 0 Å². The number of benzene rings is 2. The number of furan rings is 1. The Bertz CT molecular complexity index is 915. The van der Waals surface area contributed by atoms with E-state index in [1.165, 1.54) is 0 Å². The largest absolute Gasteiger partial charge is 0.462 e. The van der Waals surface area contributed by atoms with Crippen molar-refractivity contribution < 1.29 is 18.7 Å². The molecule has 0 aliphatic rings. The van der Waals surface area contributed by atoms with Crippen LogP contribution in [-0.4, -0.2) is 18.5 Å². The van der Waals surface area contributed by atoms with Crippen molar-refractivity contribution >= 4 is 44.5 Å². The van der Waals surface area contributed by atoms with Crippen LogP contribution in [0.1, 0.15) is 34.3 Å². The van der Waals surface area contributed by atoms with Gasteiger partial charge in [0.05, 0.1) is 12.2 Å². The molecule has 3 rings (SSSR count). The number of hydrogen-bond acceptors (Lipinski definition) is 4. The minimum absolute atomic E-state index is 0.222. The van der Waals surface area contributed by atoms with Crippen LogP contribution in [-0.2, 0) is 4.74 Å². The summed E-state index contributed by atoms with van der Waals surface area (Å²) in [7, 11) is 0. The second-order valence-electron chi connectivity index (χ2n) is 5.46. The number of ether oxygens (including phenoxy) is 1. The number of carbonyl (C=O) groups is 2. The Morgan fingerprint density at radius 3 is 2.60 bits per heavy atom. The maximum atomic E-state index is 12.3. The molecule has 0 spiro atoms. The van der Waals surface area contributed by atoms with Crippen molar-refractivity contribution in [2.75, 3.05) is 11.9 Å². The fraction of sp³-hybridized carbons (Fsp3) is 0.158. The minimum Gasteiger partial charge on any atom is -0.462 e. The van der Waals surface area contributed by atoms with Gasteiger partial charge in [-0.25, -0.2) is 4.79 Å². The standard InChI is InChI=1S/C19H16BrNO4/c1-2-9-24-19(23)12-3-6-15(7-4-12)21-18(22)17-11-13-10-14(20)5-8-16(13)25-17/h3-8,10-11H,2,9H2,1H3,(H,21,22). The fourth-order valence-electron chi connectivity index (χ4n) is 2.29. The van der Waals surface area contributed by atoms with Crippen LogP contribution >= 0.6 is 15.9 Å². The van der Waals surface area contributed by atoms with Crippen LogP contribution in [0.4, 0.5) is 5.69 Å². The van der Waals surface area contributed by atoms with E-state index < -0.39 is 0 Å². The van der Waals surface area contributed by atoms with E-state index in [1.807, 2.05) is 19.1 Å². The molecule has 0 unspecified atom stereocenters. The highest BCUT2D eigenvalue weighted by Gasteiger charge is 2.13. The van der Waals surface area contributed by atoms with Crippen LogP contribution < -0.4 is 5.32 Å². The second kappa shape index (κ2) is 7.53. The van der Waals surface area contributed by atoms with Crippen LogP contribution in [0.2, 0.25) is 0 Å². The van der Waals surface area contributed by atoms with Gasteiger partial charge < -0.3 is 14.5 Å². The predicted molar refractivity (Wildman–Crippen MR) is 98.9 cm³/mol. The Labute approximate surface area is 153 Å². The van der Waals surface area contributed by atoms with Crippen LogP contribution in [0.25, 0.3) is 11.0 Å². The number of carbonyl (C=O) groups excluding carboxylic acids is 2. The first-order chi connectivity index (χ1) is 12.1. The van der Waals surface area contributed by atoms with Gasteiger partial charge in [-0.3, -0.25) is 4.79 Å². The maximum Gasteiger partial charge on any atom is 0.338 e. The van der Waals surface area contributed by atoms with E-state index in [9.17, 15) is 9.59 Å². The van der Waals surface area contributed by atoms with Gasteiger partial charge in [0.25, 0.3) is 5.91 Å². The summed E-state index contributed by atoms with van der Waals surface area (Å²) in [6, 6.07) is 13.8. The fourth-order valence-corrected chi connectivity index (χ4v) is 2.67. The summed E-state index contributed by atoms with van der Waals surface area (Å²) in [4.78, 5) is 24.1. The molecule has 0 bridgehead atoms. The van der Waals surface area contributed by atoms with E-state index in [4.69, 9.17) is 9.15 Å². The van der Waals surface area contributed by atoms with Gasteiger partial charge in [0.2, 0.25) is 0 Å². The normalized spacial score (nSPS) is 10.6. The highest BCUT2D eigenvalue weighted by atomic mass is 79.9. The zero-order valence-corrected chi connectivity index (χ0v) is 15.1. The van der Waals surface area contributed by atoms with Crippen molar-refractivity contribution in [3.05, 3.63) is 64.3 Å². The van der Waals surface area contributed by atoms with Crippen LogP contribution in [0.15, 0.2) is 57.4 Å². The third kappa shape index (κ3) is 4.09. The van der Waals surface area contributed by atoms with E-state index in [-0.39, 0.29) is 17.6 Å². The topological polar surface area (TPSA) is 68.5 Å². The van der Waals surface area contributed by atoms with Crippen LogP contribution in [0.5, 0.6) is 0 Å². The van der Waals surface area contributed by atoms with Crippen molar-refractivity contribution in [2.45, 2.75) is 13.3 Å². The number of nitrogens with one attached hydrogen (secondary N) is 1. The SMILES string of the molecule is CCCOC(=O)c1ccc(NC(=O)c2cc3cc(Br)ccc3o2)cc1. The van der Waals surface area contributed by atoms with Gasteiger partial charge in [0.1, 0.15) is 5.58 Å². The van der Waals surface area contributed by atoms with Crippen molar-refractivity contribution in [1.82, 2.24) is 0 Å². The summed E-state index contributed by atoms with van der Waals surface area (Å²) in [5.41, 5.74) is 1.65. The number of anilines is 1. The molecule has 1 heterocycles. The molecule has 0 aliphatic carbocycles. The number of halogens is 1. The zero-order chi connectivity index (χ0) is 17.8. The Morgan fingerprint density at radius 2 is 1.88 bits per heavy atom. The summed E-state index contributed by atoms with van der Waals surface area (Å²) in [6.45, 7) is 2.32. The van der Waals surface area contributed by atoms with Gasteiger partial charge in [-0.05, 0) is 55.0 Å². The Kier molecular flexibility index (Phi) is 5.19. The lowest BCUT2D eigenvalue weighted by Gasteiger charge is -2.05. The molecule has 1 aromatic heterocycles. The van der Waals surface area contributed by atoms with Crippen molar-refractivity contribution in [2.24, 2.45) is 0 Å². The Balaban J connectivity index is 1.70. The monoisotopic (exact) mass is 401 g/mol. The van der Waals surface area contributed by atoms with Crippen LogP contribution in [0, 0.1) is 0 Å². The van der Waals surface area contributed by atoms with E-state index in [1.54, 1.807) is 36.4 Å². The number of fused-ring (bicyclic) bond motifs is 1. The molecule has 0 fully saturated rings. The summed E-state index contributed by atoms with van der Waals surface area (Å²) >= 11 is 3.39. The second-order valence-corrected chi connectivity index (χ2v) is 6.38. The molecular formula is C19H16BrNO4. The molecule has 3 aromatic rings. The molecule has 0 aliphatic heterocycles. The lowest BCUT2D eigenvalue weighted by molar-refractivity contribution is 0.0505. The molecule has 5 nitrogen and oxygen atoms in total. The van der Waals surface area contributed by atoms with Gasteiger partial charge in [-0.2, -0.15) is 0 Å². The molecule has 0 saturated heterocycles. The number of hydrogen-bond donors (Lipinski definition) is 1. The van der Waals surface area contributed by atoms with E-state index in [2.05, 4.69) is 21.2 Å². The first kappa shape index (κ1) is 17.2. The molecule has 0 saturated carbocycles. The molecule has 1 N–H and O–H groups in total. The number of esters is 1. The van der Waals surface area contributed by atoms with Crippen molar-refractivity contribution in [1.29, 1.82) is 0 Å². The maximum absolute atomic E-state index is 12.3. The highest BCUT2D eigenvalue weighted by molar-refractivity contribution is 9.10. The molecule has 128 valence electrons. The lowest BCUT2D eigenvalue weighted by Crippen LogP contribution is -2.11. The highest BCUT2D eigenvalue weighted by Crippen LogP contribution is 2.24. The molecule has 0 atom stereocenters.